The fourth-order valence-electron chi connectivity index (χ4n) is 2.25. The van der Waals surface area contributed by atoms with Crippen molar-refractivity contribution in [1.82, 2.24) is 5.32 Å². The van der Waals surface area contributed by atoms with Gasteiger partial charge in [-0.25, -0.2) is 4.39 Å². The summed E-state index contributed by atoms with van der Waals surface area (Å²) in [6.45, 7) is 3.05. The minimum Gasteiger partial charge on any atom is -0.310 e. The number of rotatable bonds is 6. The van der Waals surface area contributed by atoms with Crippen LogP contribution < -0.4 is 5.32 Å². The monoisotopic (exact) mass is 369 g/mol. The molecule has 0 spiro atoms. The second kappa shape index (κ2) is 7.92. The zero-order chi connectivity index (χ0) is 15.2. The topological polar surface area (TPSA) is 12.0 Å². The van der Waals surface area contributed by atoms with E-state index in [1.165, 1.54) is 17.7 Å². The second-order valence-electron chi connectivity index (χ2n) is 5.00. The van der Waals surface area contributed by atoms with Gasteiger partial charge in [0, 0.05) is 15.5 Å². The summed E-state index contributed by atoms with van der Waals surface area (Å²) in [5, 5.41) is 4.26. The van der Waals surface area contributed by atoms with Crippen molar-refractivity contribution in [3.05, 3.63) is 68.9 Å². The first-order valence-corrected chi connectivity index (χ1v) is 8.20. The molecule has 1 atom stereocenters. The Bertz CT molecular complexity index is 586. The predicted octanol–water partition coefficient (Wildman–Crippen LogP) is 5.53. The third-order valence-electron chi connectivity index (χ3n) is 3.33. The Morgan fingerprint density at radius 2 is 1.90 bits per heavy atom. The number of halogens is 3. The van der Waals surface area contributed by atoms with Gasteiger partial charge >= 0.3 is 0 Å². The van der Waals surface area contributed by atoms with Gasteiger partial charge in [0.25, 0.3) is 0 Å². The van der Waals surface area contributed by atoms with Gasteiger partial charge in [0.2, 0.25) is 0 Å². The van der Waals surface area contributed by atoms with Gasteiger partial charge < -0.3 is 5.32 Å². The maximum absolute atomic E-state index is 13.3. The molecule has 0 bridgehead atoms. The van der Waals surface area contributed by atoms with Gasteiger partial charge in [-0.05, 0) is 54.8 Å². The van der Waals surface area contributed by atoms with Gasteiger partial charge in [0.15, 0.2) is 0 Å². The van der Waals surface area contributed by atoms with E-state index in [9.17, 15) is 4.39 Å². The lowest BCUT2D eigenvalue weighted by atomic mass is 9.98. The van der Waals surface area contributed by atoms with E-state index < -0.39 is 0 Å². The summed E-state index contributed by atoms with van der Waals surface area (Å²) in [4.78, 5) is 0. The van der Waals surface area contributed by atoms with Gasteiger partial charge in [-0.3, -0.25) is 0 Å². The molecule has 0 fully saturated rings. The Labute approximate surface area is 138 Å². The summed E-state index contributed by atoms with van der Waals surface area (Å²) >= 11 is 9.39. The molecular formula is C17H18BrClFN. The lowest BCUT2D eigenvalue weighted by Gasteiger charge is -2.20. The molecule has 1 nitrogen and oxygen atoms in total. The Morgan fingerprint density at radius 3 is 2.52 bits per heavy atom. The summed E-state index contributed by atoms with van der Waals surface area (Å²) in [6.07, 6.45) is 1.89. The highest BCUT2D eigenvalue weighted by molar-refractivity contribution is 9.10. The van der Waals surface area contributed by atoms with Crippen molar-refractivity contribution in [3.63, 3.8) is 0 Å². The molecule has 1 unspecified atom stereocenters. The number of hydrogen-bond acceptors (Lipinski definition) is 1. The molecule has 0 amide bonds. The molecular weight excluding hydrogens is 353 g/mol. The summed E-state index contributed by atoms with van der Waals surface area (Å²) in [6, 6.07) is 12.8. The van der Waals surface area contributed by atoms with Crippen LogP contribution in [0.5, 0.6) is 0 Å². The van der Waals surface area contributed by atoms with Gasteiger partial charge in [-0.1, -0.05) is 52.7 Å². The highest BCUT2D eigenvalue weighted by Crippen LogP contribution is 2.27. The molecule has 21 heavy (non-hydrogen) atoms. The van der Waals surface area contributed by atoms with Gasteiger partial charge in [-0.2, -0.15) is 0 Å². The van der Waals surface area contributed by atoms with Crippen LogP contribution in [0.1, 0.15) is 30.5 Å². The van der Waals surface area contributed by atoms with Crippen molar-refractivity contribution >= 4 is 27.5 Å². The van der Waals surface area contributed by atoms with Crippen molar-refractivity contribution in [3.8, 4) is 0 Å². The van der Waals surface area contributed by atoms with E-state index in [0.29, 0.717) is 0 Å². The van der Waals surface area contributed by atoms with Crippen LogP contribution in [0.15, 0.2) is 46.9 Å². The minimum absolute atomic E-state index is 0.140. The molecule has 0 saturated heterocycles. The summed E-state index contributed by atoms with van der Waals surface area (Å²) in [5.41, 5.74) is 2.27. The maximum Gasteiger partial charge on any atom is 0.124 e. The molecule has 2 rings (SSSR count). The van der Waals surface area contributed by atoms with Crippen LogP contribution >= 0.6 is 27.5 Å². The second-order valence-corrected chi connectivity index (χ2v) is 6.29. The van der Waals surface area contributed by atoms with Crippen LogP contribution in [0.25, 0.3) is 0 Å². The Hall–Kier alpha value is -0.900. The normalized spacial score (nSPS) is 12.4. The first-order chi connectivity index (χ1) is 10.1. The van der Waals surface area contributed by atoms with E-state index in [1.54, 1.807) is 0 Å². The van der Waals surface area contributed by atoms with Crippen LogP contribution in [0.3, 0.4) is 0 Å². The fourth-order valence-corrected chi connectivity index (χ4v) is 3.00. The summed E-state index contributed by atoms with van der Waals surface area (Å²) in [7, 11) is 0. The van der Waals surface area contributed by atoms with Crippen molar-refractivity contribution in [2.45, 2.75) is 25.8 Å². The van der Waals surface area contributed by atoms with Crippen LogP contribution in [0.4, 0.5) is 4.39 Å². The average Bonchev–Trinajstić information content (AvgIpc) is 2.46. The molecule has 2 aromatic rings. The molecule has 0 radical (unpaired) electrons. The quantitative estimate of drug-likeness (QED) is 0.705. The highest BCUT2D eigenvalue weighted by Gasteiger charge is 2.15. The number of hydrogen-bond donors (Lipinski definition) is 1. The SMILES string of the molecule is CCCNC(Cc1ccc(Cl)cc1)c1ccc(F)cc1Br. The van der Waals surface area contributed by atoms with Crippen molar-refractivity contribution in [2.75, 3.05) is 6.54 Å². The van der Waals surface area contributed by atoms with E-state index in [-0.39, 0.29) is 11.9 Å². The number of nitrogens with one attached hydrogen (secondary N) is 1. The van der Waals surface area contributed by atoms with E-state index in [4.69, 9.17) is 11.6 Å². The predicted molar refractivity (Wildman–Crippen MR) is 90.3 cm³/mol. The van der Waals surface area contributed by atoms with Crippen LogP contribution in [0.2, 0.25) is 5.02 Å². The largest absolute Gasteiger partial charge is 0.310 e. The first-order valence-electron chi connectivity index (χ1n) is 7.03. The third kappa shape index (κ3) is 4.80. The van der Waals surface area contributed by atoms with Crippen molar-refractivity contribution < 1.29 is 4.39 Å². The molecule has 0 aliphatic heterocycles. The van der Waals surface area contributed by atoms with E-state index >= 15 is 0 Å². The van der Waals surface area contributed by atoms with E-state index in [2.05, 4.69) is 28.2 Å². The Morgan fingerprint density at radius 1 is 1.19 bits per heavy atom. The zero-order valence-corrected chi connectivity index (χ0v) is 14.2. The summed E-state index contributed by atoms with van der Waals surface area (Å²) < 4.78 is 14.1. The lowest BCUT2D eigenvalue weighted by Crippen LogP contribution is -2.24. The molecule has 0 aliphatic carbocycles. The first kappa shape index (κ1) is 16.5. The van der Waals surface area contributed by atoms with Gasteiger partial charge in [0.05, 0.1) is 0 Å². The van der Waals surface area contributed by atoms with Gasteiger partial charge in [-0.15, -0.1) is 0 Å². The smallest absolute Gasteiger partial charge is 0.124 e. The standard InChI is InChI=1S/C17H18BrClFN/c1-2-9-21-17(10-12-3-5-13(19)6-4-12)15-8-7-14(20)11-16(15)18/h3-8,11,17,21H,2,9-10H2,1H3. The van der Waals surface area contributed by atoms with E-state index in [0.717, 1.165) is 34.4 Å². The van der Waals surface area contributed by atoms with Crippen LogP contribution in [-0.2, 0) is 6.42 Å². The highest BCUT2D eigenvalue weighted by atomic mass is 79.9. The zero-order valence-electron chi connectivity index (χ0n) is 11.9. The summed E-state index contributed by atoms with van der Waals surface area (Å²) in [5.74, 6) is -0.230. The van der Waals surface area contributed by atoms with Gasteiger partial charge in [0.1, 0.15) is 5.82 Å². The van der Waals surface area contributed by atoms with Crippen LogP contribution in [0, 0.1) is 5.82 Å². The van der Waals surface area contributed by atoms with Crippen LogP contribution in [-0.4, -0.2) is 6.54 Å². The molecule has 1 N–H and O–H groups in total. The Balaban J connectivity index is 2.22. The third-order valence-corrected chi connectivity index (χ3v) is 4.27. The lowest BCUT2D eigenvalue weighted by molar-refractivity contribution is 0.525. The average molecular weight is 371 g/mol. The molecule has 0 heterocycles. The molecule has 2 aromatic carbocycles. The minimum atomic E-state index is -0.230. The maximum atomic E-state index is 13.3. The molecule has 0 aliphatic rings. The van der Waals surface area contributed by atoms with Crippen molar-refractivity contribution in [2.24, 2.45) is 0 Å². The molecule has 112 valence electrons. The molecule has 0 aromatic heterocycles. The van der Waals surface area contributed by atoms with Crippen molar-refractivity contribution in [1.29, 1.82) is 0 Å². The number of benzene rings is 2. The molecule has 4 heteroatoms. The Kier molecular flexibility index (Phi) is 6.22. The fraction of sp³-hybridized carbons (Fsp3) is 0.294. The molecule has 0 saturated carbocycles. The van der Waals surface area contributed by atoms with E-state index in [1.807, 2.05) is 30.3 Å².